The van der Waals surface area contributed by atoms with Gasteiger partial charge in [-0.3, -0.25) is 0 Å². The number of hydrogen-bond acceptors (Lipinski definition) is 2. The second kappa shape index (κ2) is 4.88. The molecule has 1 heterocycles. The van der Waals surface area contributed by atoms with Gasteiger partial charge >= 0.3 is 0 Å². The molecule has 1 aromatic rings. The standard InChI is InChI=1S/C14H22N2/c1-11(15)10-13-5-7-14(8-6-13)16-9-3-4-12(16)2/h5-8,11-12H,3-4,9-10,15H2,1-2H3. The Bertz CT molecular complexity index is 329. The molecule has 1 fully saturated rings. The molecule has 0 spiro atoms. The summed E-state index contributed by atoms with van der Waals surface area (Å²) in [6, 6.07) is 9.84. The first-order chi connectivity index (χ1) is 7.66. The smallest absolute Gasteiger partial charge is 0.0368 e. The van der Waals surface area contributed by atoms with Crippen LogP contribution in [0.5, 0.6) is 0 Å². The molecule has 2 unspecified atom stereocenters. The quantitative estimate of drug-likeness (QED) is 0.845. The summed E-state index contributed by atoms with van der Waals surface area (Å²) >= 11 is 0. The second-order valence-corrected chi connectivity index (χ2v) is 5.03. The van der Waals surface area contributed by atoms with E-state index >= 15 is 0 Å². The molecule has 0 bridgehead atoms. The first kappa shape index (κ1) is 11.5. The van der Waals surface area contributed by atoms with Gasteiger partial charge in [0.2, 0.25) is 0 Å². The SMILES string of the molecule is CC(N)Cc1ccc(N2CCCC2C)cc1. The lowest BCUT2D eigenvalue weighted by molar-refractivity contribution is 0.730. The van der Waals surface area contributed by atoms with Gasteiger partial charge in [-0.25, -0.2) is 0 Å². The van der Waals surface area contributed by atoms with Crippen molar-refractivity contribution < 1.29 is 0 Å². The summed E-state index contributed by atoms with van der Waals surface area (Å²) in [7, 11) is 0. The molecule has 1 saturated heterocycles. The van der Waals surface area contributed by atoms with Crippen molar-refractivity contribution in [2.75, 3.05) is 11.4 Å². The number of nitrogens with zero attached hydrogens (tertiary/aromatic N) is 1. The minimum absolute atomic E-state index is 0.247. The average Bonchev–Trinajstić information content (AvgIpc) is 2.65. The van der Waals surface area contributed by atoms with Gasteiger partial charge in [0, 0.05) is 24.3 Å². The summed E-state index contributed by atoms with van der Waals surface area (Å²) in [6.07, 6.45) is 3.61. The van der Waals surface area contributed by atoms with Gasteiger partial charge in [0.05, 0.1) is 0 Å². The topological polar surface area (TPSA) is 29.3 Å². The van der Waals surface area contributed by atoms with E-state index in [1.165, 1.54) is 30.6 Å². The van der Waals surface area contributed by atoms with Gasteiger partial charge in [0.15, 0.2) is 0 Å². The molecule has 1 aromatic carbocycles. The molecule has 0 saturated carbocycles. The first-order valence-electron chi connectivity index (χ1n) is 6.28. The molecule has 16 heavy (non-hydrogen) atoms. The van der Waals surface area contributed by atoms with Crippen molar-refractivity contribution in [1.82, 2.24) is 0 Å². The fourth-order valence-corrected chi connectivity index (χ4v) is 2.51. The van der Waals surface area contributed by atoms with Crippen LogP contribution in [0.25, 0.3) is 0 Å². The Kier molecular flexibility index (Phi) is 3.49. The highest BCUT2D eigenvalue weighted by atomic mass is 15.2. The Morgan fingerprint density at radius 1 is 1.38 bits per heavy atom. The maximum Gasteiger partial charge on any atom is 0.0368 e. The molecule has 2 N–H and O–H groups in total. The Hall–Kier alpha value is -1.02. The maximum absolute atomic E-state index is 5.80. The van der Waals surface area contributed by atoms with Gasteiger partial charge in [-0.1, -0.05) is 12.1 Å². The van der Waals surface area contributed by atoms with E-state index < -0.39 is 0 Å². The van der Waals surface area contributed by atoms with E-state index in [-0.39, 0.29) is 6.04 Å². The van der Waals surface area contributed by atoms with Crippen LogP contribution in [-0.4, -0.2) is 18.6 Å². The van der Waals surface area contributed by atoms with Gasteiger partial charge in [-0.05, 0) is 50.8 Å². The summed E-state index contributed by atoms with van der Waals surface area (Å²) in [5, 5.41) is 0. The number of hydrogen-bond donors (Lipinski definition) is 1. The van der Waals surface area contributed by atoms with E-state index in [4.69, 9.17) is 5.73 Å². The third kappa shape index (κ3) is 2.56. The number of nitrogens with two attached hydrogens (primary N) is 1. The molecular weight excluding hydrogens is 196 g/mol. The predicted octanol–water partition coefficient (Wildman–Crippen LogP) is 2.57. The summed E-state index contributed by atoms with van der Waals surface area (Å²) in [6.45, 7) is 5.56. The van der Waals surface area contributed by atoms with E-state index in [1.807, 2.05) is 0 Å². The van der Waals surface area contributed by atoms with E-state index in [1.54, 1.807) is 0 Å². The van der Waals surface area contributed by atoms with Crippen LogP contribution in [0.15, 0.2) is 24.3 Å². The maximum atomic E-state index is 5.80. The van der Waals surface area contributed by atoms with Gasteiger partial charge < -0.3 is 10.6 Å². The number of anilines is 1. The summed E-state index contributed by atoms with van der Waals surface area (Å²) in [4.78, 5) is 2.50. The molecule has 1 aliphatic rings. The largest absolute Gasteiger partial charge is 0.369 e. The van der Waals surface area contributed by atoms with Gasteiger partial charge in [-0.15, -0.1) is 0 Å². The zero-order valence-corrected chi connectivity index (χ0v) is 10.3. The predicted molar refractivity (Wildman–Crippen MR) is 69.8 cm³/mol. The van der Waals surface area contributed by atoms with E-state index in [0.717, 1.165) is 6.42 Å². The normalized spacial score (nSPS) is 22.4. The van der Waals surface area contributed by atoms with Crippen molar-refractivity contribution in [1.29, 1.82) is 0 Å². The number of rotatable bonds is 3. The summed E-state index contributed by atoms with van der Waals surface area (Å²) in [5.74, 6) is 0. The van der Waals surface area contributed by atoms with Crippen molar-refractivity contribution in [3.8, 4) is 0 Å². The molecule has 2 rings (SSSR count). The third-order valence-electron chi connectivity index (χ3n) is 3.38. The Morgan fingerprint density at radius 3 is 2.56 bits per heavy atom. The third-order valence-corrected chi connectivity index (χ3v) is 3.38. The fourth-order valence-electron chi connectivity index (χ4n) is 2.51. The summed E-state index contributed by atoms with van der Waals surface area (Å²) in [5.41, 5.74) is 8.49. The van der Waals surface area contributed by atoms with Crippen molar-refractivity contribution in [3.05, 3.63) is 29.8 Å². The van der Waals surface area contributed by atoms with Crippen LogP contribution in [0.4, 0.5) is 5.69 Å². The minimum Gasteiger partial charge on any atom is -0.369 e. The molecule has 0 amide bonds. The molecule has 0 aromatic heterocycles. The highest BCUT2D eigenvalue weighted by Gasteiger charge is 2.19. The molecule has 0 aliphatic carbocycles. The van der Waals surface area contributed by atoms with Crippen molar-refractivity contribution in [2.24, 2.45) is 5.73 Å². The Morgan fingerprint density at radius 2 is 2.06 bits per heavy atom. The van der Waals surface area contributed by atoms with E-state index in [9.17, 15) is 0 Å². The Balaban J connectivity index is 2.07. The van der Waals surface area contributed by atoms with Crippen LogP contribution in [0, 0.1) is 0 Å². The average molecular weight is 218 g/mol. The van der Waals surface area contributed by atoms with Crippen LogP contribution in [0.1, 0.15) is 32.3 Å². The highest BCUT2D eigenvalue weighted by molar-refractivity contribution is 5.49. The molecule has 2 nitrogen and oxygen atoms in total. The van der Waals surface area contributed by atoms with Crippen LogP contribution in [-0.2, 0) is 6.42 Å². The van der Waals surface area contributed by atoms with Crippen molar-refractivity contribution >= 4 is 5.69 Å². The molecule has 2 atom stereocenters. The van der Waals surface area contributed by atoms with Crippen LogP contribution in [0.2, 0.25) is 0 Å². The zero-order valence-electron chi connectivity index (χ0n) is 10.3. The lowest BCUT2D eigenvalue weighted by Gasteiger charge is -2.24. The lowest BCUT2D eigenvalue weighted by Crippen LogP contribution is -2.26. The van der Waals surface area contributed by atoms with Crippen molar-refractivity contribution in [3.63, 3.8) is 0 Å². The lowest BCUT2D eigenvalue weighted by atomic mass is 10.1. The zero-order chi connectivity index (χ0) is 11.5. The molecule has 2 heteroatoms. The molecule has 1 aliphatic heterocycles. The monoisotopic (exact) mass is 218 g/mol. The molecular formula is C14H22N2. The fraction of sp³-hybridized carbons (Fsp3) is 0.571. The summed E-state index contributed by atoms with van der Waals surface area (Å²) < 4.78 is 0. The van der Waals surface area contributed by atoms with E-state index in [0.29, 0.717) is 6.04 Å². The first-order valence-corrected chi connectivity index (χ1v) is 6.28. The second-order valence-electron chi connectivity index (χ2n) is 5.03. The molecule has 0 radical (unpaired) electrons. The highest BCUT2D eigenvalue weighted by Crippen LogP contribution is 2.25. The Labute approximate surface area is 98.4 Å². The van der Waals surface area contributed by atoms with Crippen LogP contribution >= 0.6 is 0 Å². The van der Waals surface area contributed by atoms with Crippen molar-refractivity contribution in [2.45, 2.75) is 45.2 Å². The minimum atomic E-state index is 0.247. The van der Waals surface area contributed by atoms with E-state index in [2.05, 4.69) is 43.0 Å². The van der Waals surface area contributed by atoms with Gasteiger partial charge in [-0.2, -0.15) is 0 Å². The van der Waals surface area contributed by atoms with Crippen LogP contribution in [0.3, 0.4) is 0 Å². The van der Waals surface area contributed by atoms with Crippen LogP contribution < -0.4 is 10.6 Å². The molecule has 88 valence electrons. The number of benzene rings is 1. The van der Waals surface area contributed by atoms with Gasteiger partial charge in [0.1, 0.15) is 0 Å². The van der Waals surface area contributed by atoms with Gasteiger partial charge in [0.25, 0.3) is 0 Å².